The average Bonchev–Trinajstić information content (AvgIpc) is 2.78. The number of hydrogen-bond donors (Lipinski definition) is 1. The number of para-hydroxylation sites is 3. The summed E-state index contributed by atoms with van der Waals surface area (Å²) in [5.74, 6) is 0.199. The first-order valence-corrected chi connectivity index (χ1v) is 9.61. The quantitative estimate of drug-likeness (QED) is 0.716. The number of nitrogens with one attached hydrogen (secondary N) is 1. The molecule has 0 aromatic heterocycles. The molecule has 0 fully saturated rings. The molecule has 4 rings (SSSR count). The average molecular weight is 386 g/mol. The lowest BCUT2D eigenvalue weighted by Crippen LogP contribution is -2.35. The molecule has 0 aliphatic carbocycles. The van der Waals surface area contributed by atoms with Crippen LogP contribution in [-0.2, 0) is 6.42 Å². The summed E-state index contributed by atoms with van der Waals surface area (Å²) >= 11 is 0. The van der Waals surface area contributed by atoms with E-state index in [4.69, 9.17) is 4.74 Å². The number of ether oxygens (including phenoxy) is 1. The molecule has 146 valence electrons. The highest BCUT2D eigenvalue weighted by Crippen LogP contribution is 2.28. The second-order valence-corrected chi connectivity index (χ2v) is 6.92. The van der Waals surface area contributed by atoms with Gasteiger partial charge in [-0.25, -0.2) is 0 Å². The molecule has 1 aliphatic heterocycles. The highest BCUT2D eigenvalue weighted by atomic mass is 16.5. The number of fused-ring (bicyclic) bond motifs is 1. The summed E-state index contributed by atoms with van der Waals surface area (Å²) in [6, 6.07) is 22.0. The van der Waals surface area contributed by atoms with E-state index in [0.717, 1.165) is 18.5 Å². The van der Waals surface area contributed by atoms with Crippen molar-refractivity contribution in [2.24, 2.45) is 0 Å². The molecule has 0 saturated carbocycles. The Balaban J connectivity index is 1.58. The van der Waals surface area contributed by atoms with Gasteiger partial charge in [-0.05, 0) is 54.8 Å². The number of benzene rings is 3. The number of amides is 2. The summed E-state index contributed by atoms with van der Waals surface area (Å²) in [6.07, 6.45) is 1.90. The number of anilines is 2. The van der Waals surface area contributed by atoms with E-state index in [-0.39, 0.29) is 11.8 Å². The minimum Gasteiger partial charge on any atom is -0.495 e. The molecule has 0 unspecified atom stereocenters. The number of carbonyl (C=O) groups is 2. The molecule has 3 aromatic carbocycles. The smallest absolute Gasteiger partial charge is 0.258 e. The normalized spacial score (nSPS) is 12.8. The zero-order chi connectivity index (χ0) is 20.2. The van der Waals surface area contributed by atoms with E-state index in [0.29, 0.717) is 29.1 Å². The number of rotatable bonds is 4. The van der Waals surface area contributed by atoms with Gasteiger partial charge in [0.25, 0.3) is 11.8 Å². The first-order chi connectivity index (χ1) is 14.2. The molecule has 0 atom stereocenters. The van der Waals surface area contributed by atoms with E-state index >= 15 is 0 Å². The van der Waals surface area contributed by atoms with Crippen LogP contribution < -0.4 is 15.0 Å². The first-order valence-electron chi connectivity index (χ1n) is 9.61. The summed E-state index contributed by atoms with van der Waals surface area (Å²) in [6.45, 7) is 0.674. The Hall–Kier alpha value is -3.60. The molecule has 0 bridgehead atoms. The van der Waals surface area contributed by atoms with Crippen LogP contribution in [0.2, 0.25) is 0 Å². The van der Waals surface area contributed by atoms with Crippen LogP contribution in [0.4, 0.5) is 11.4 Å². The van der Waals surface area contributed by atoms with Crippen LogP contribution in [-0.4, -0.2) is 25.5 Å². The van der Waals surface area contributed by atoms with Crippen molar-refractivity contribution in [3.63, 3.8) is 0 Å². The number of hydrogen-bond acceptors (Lipinski definition) is 3. The predicted molar refractivity (Wildman–Crippen MR) is 114 cm³/mol. The van der Waals surface area contributed by atoms with Gasteiger partial charge in [-0.3, -0.25) is 9.59 Å². The second-order valence-electron chi connectivity index (χ2n) is 6.92. The Kier molecular flexibility index (Phi) is 5.29. The van der Waals surface area contributed by atoms with Gasteiger partial charge in [-0.2, -0.15) is 0 Å². The van der Waals surface area contributed by atoms with Gasteiger partial charge in [-0.1, -0.05) is 36.4 Å². The third-order valence-electron chi connectivity index (χ3n) is 5.08. The minimum atomic E-state index is -0.289. The topological polar surface area (TPSA) is 58.6 Å². The van der Waals surface area contributed by atoms with Crippen molar-refractivity contribution >= 4 is 23.2 Å². The van der Waals surface area contributed by atoms with Crippen molar-refractivity contribution < 1.29 is 14.3 Å². The van der Waals surface area contributed by atoms with Gasteiger partial charge in [-0.15, -0.1) is 0 Å². The summed E-state index contributed by atoms with van der Waals surface area (Å²) < 4.78 is 5.28. The molecule has 0 saturated heterocycles. The molecule has 1 N–H and O–H groups in total. The van der Waals surface area contributed by atoms with Crippen molar-refractivity contribution in [1.82, 2.24) is 0 Å². The first kappa shape index (κ1) is 18.7. The van der Waals surface area contributed by atoms with E-state index in [1.165, 1.54) is 5.56 Å². The molecule has 5 nitrogen and oxygen atoms in total. The molecule has 3 aromatic rings. The fourth-order valence-electron chi connectivity index (χ4n) is 3.64. The number of aryl methyl sites for hydroxylation is 1. The fraction of sp³-hybridized carbons (Fsp3) is 0.167. The van der Waals surface area contributed by atoms with Gasteiger partial charge in [0.2, 0.25) is 0 Å². The number of carbonyl (C=O) groups excluding carboxylic acids is 2. The number of nitrogens with zero attached hydrogens (tertiary/aromatic N) is 1. The maximum absolute atomic E-state index is 13.2. The zero-order valence-electron chi connectivity index (χ0n) is 16.2. The van der Waals surface area contributed by atoms with E-state index in [2.05, 4.69) is 11.4 Å². The molecule has 5 heteroatoms. The molecule has 2 amide bonds. The van der Waals surface area contributed by atoms with Gasteiger partial charge < -0.3 is 15.0 Å². The van der Waals surface area contributed by atoms with E-state index in [9.17, 15) is 9.59 Å². The van der Waals surface area contributed by atoms with Crippen molar-refractivity contribution in [3.05, 3.63) is 89.5 Å². The third-order valence-corrected chi connectivity index (χ3v) is 5.08. The minimum absolute atomic E-state index is 0.0934. The summed E-state index contributed by atoms with van der Waals surface area (Å²) in [5.41, 5.74) is 3.63. The highest BCUT2D eigenvalue weighted by molar-refractivity contribution is 6.10. The van der Waals surface area contributed by atoms with E-state index in [1.54, 1.807) is 48.4 Å². The lowest BCUT2D eigenvalue weighted by Gasteiger charge is -2.29. The predicted octanol–water partition coefficient (Wildman–Crippen LogP) is 4.54. The largest absolute Gasteiger partial charge is 0.495 e. The summed E-state index contributed by atoms with van der Waals surface area (Å²) in [7, 11) is 1.56. The Labute approximate surface area is 169 Å². The fourth-order valence-corrected chi connectivity index (χ4v) is 3.64. The highest BCUT2D eigenvalue weighted by Gasteiger charge is 2.23. The van der Waals surface area contributed by atoms with Crippen LogP contribution in [0.25, 0.3) is 0 Å². The van der Waals surface area contributed by atoms with Crippen molar-refractivity contribution in [1.29, 1.82) is 0 Å². The molecule has 29 heavy (non-hydrogen) atoms. The van der Waals surface area contributed by atoms with Crippen LogP contribution in [0, 0.1) is 0 Å². The van der Waals surface area contributed by atoms with Crippen LogP contribution in [0.1, 0.15) is 32.7 Å². The summed E-state index contributed by atoms with van der Waals surface area (Å²) in [5, 5.41) is 2.85. The van der Waals surface area contributed by atoms with Gasteiger partial charge in [0, 0.05) is 23.4 Å². The monoisotopic (exact) mass is 386 g/mol. The molecule has 0 spiro atoms. The maximum atomic E-state index is 13.2. The summed E-state index contributed by atoms with van der Waals surface area (Å²) in [4.78, 5) is 27.7. The Bertz CT molecular complexity index is 1060. The van der Waals surface area contributed by atoms with E-state index < -0.39 is 0 Å². The zero-order valence-corrected chi connectivity index (χ0v) is 16.2. The Morgan fingerprint density at radius 3 is 2.55 bits per heavy atom. The molecule has 0 radical (unpaired) electrons. The van der Waals surface area contributed by atoms with Gasteiger partial charge in [0.05, 0.1) is 12.8 Å². The van der Waals surface area contributed by atoms with Gasteiger partial charge in [0.15, 0.2) is 0 Å². The van der Waals surface area contributed by atoms with Crippen LogP contribution >= 0.6 is 0 Å². The van der Waals surface area contributed by atoms with Crippen LogP contribution in [0.3, 0.4) is 0 Å². The molecule has 1 aliphatic rings. The van der Waals surface area contributed by atoms with E-state index in [1.807, 2.05) is 30.3 Å². The maximum Gasteiger partial charge on any atom is 0.258 e. The lowest BCUT2D eigenvalue weighted by molar-refractivity contribution is 0.0985. The van der Waals surface area contributed by atoms with Gasteiger partial charge in [0.1, 0.15) is 5.75 Å². The van der Waals surface area contributed by atoms with Crippen molar-refractivity contribution in [2.45, 2.75) is 12.8 Å². The van der Waals surface area contributed by atoms with Gasteiger partial charge >= 0.3 is 0 Å². The lowest BCUT2D eigenvalue weighted by atomic mass is 10.0. The molecular weight excluding hydrogens is 364 g/mol. The van der Waals surface area contributed by atoms with Crippen LogP contribution in [0.15, 0.2) is 72.8 Å². The Morgan fingerprint density at radius 2 is 1.69 bits per heavy atom. The molecular formula is C24H22N2O3. The molecule has 1 heterocycles. The van der Waals surface area contributed by atoms with Crippen molar-refractivity contribution in [2.75, 3.05) is 23.9 Å². The Morgan fingerprint density at radius 1 is 0.931 bits per heavy atom. The standard InChI is InChI=1S/C24H22N2O3/c1-29-22-14-5-3-12-20(22)25-23(27)18-9-6-10-19(16-18)24(28)26-15-7-11-17-8-2-4-13-21(17)26/h2-6,8-10,12-14,16H,7,11,15H2,1H3,(H,25,27). The SMILES string of the molecule is COc1ccccc1NC(=O)c1cccc(C(=O)N2CCCc3ccccc32)c1. The number of methoxy groups -OCH3 is 1. The second kappa shape index (κ2) is 8.19. The van der Waals surface area contributed by atoms with Crippen molar-refractivity contribution in [3.8, 4) is 5.75 Å². The van der Waals surface area contributed by atoms with Crippen LogP contribution in [0.5, 0.6) is 5.75 Å². The third kappa shape index (κ3) is 3.85.